The molecule has 2 heterocycles. The SMILES string of the molecule is CCN1CCC2CS(=O)(=O)CC2C1. The molecule has 0 bridgehead atoms. The summed E-state index contributed by atoms with van der Waals surface area (Å²) in [5.41, 5.74) is 0. The van der Waals surface area contributed by atoms with E-state index in [1.165, 1.54) is 0 Å². The molecule has 76 valence electrons. The summed E-state index contributed by atoms with van der Waals surface area (Å²) in [4.78, 5) is 2.36. The van der Waals surface area contributed by atoms with Crippen molar-refractivity contribution in [2.75, 3.05) is 31.1 Å². The lowest BCUT2D eigenvalue weighted by Crippen LogP contribution is -2.39. The van der Waals surface area contributed by atoms with E-state index >= 15 is 0 Å². The number of hydrogen-bond donors (Lipinski definition) is 0. The fourth-order valence-corrected chi connectivity index (χ4v) is 4.83. The van der Waals surface area contributed by atoms with Gasteiger partial charge in [0, 0.05) is 6.54 Å². The fraction of sp³-hybridized carbons (Fsp3) is 1.00. The van der Waals surface area contributed by atoms with Crippen LogP contribution in [0.3, 0.4) is 0 Å². The molecule has 0 aromatic rings. The first-order valence-corrected chi connectivity index (χ1v) is 6.85. The van der Waals surface area contributed by atoms with Gasteiger partial charge in [0.2, 0.25) is 0 Å². The molecule has 0 aromatic carbocycles. The minimum atomic E-state index is -2.69. The second-order valence-electron chi connectivity index (χ2n) is 4.28. The molecule has 2 saturated heterocycles. The van der Waals surface area contributed by atoms with Crippen LogP contribution in [0, 0.1) is 11.8 Å². The van der Waals surface area contributed by atoms with E-state index in [2.05, 4.69) is 11.8 Å². The Hall–Kier alpha value is -0.0900. The number of nitrogens with zero attached hydrogens (tertiary/aromatic N) is 1. The van der Waals surface area contributed by atoms with Gasteiger partial charge in [-0.3, -0.25) is 0 Å². The van der Waals surface area contributed by atoms with Crippen molar-refractivity contribution in [3.8, 4) is 0 Å². The van der Waals surface area contributed by atoms with Crippen LogP contribution in [0.25, 0.3) is 0 Å². The highest BCUT2D eigenvalue weighted by Crippen LogP contribution is 2.32. The summed E-state index contributed by atoms with van der Waals surface area (Å²) in [6, 6.07) is 0. The molecular weight excluding hydrogens is 186 g/mol. The van der Waals surface area contributed by atoms with Crippen molar-refractivity contribution in [3.05, 3.63) is 0 Å². The summed E-state index contributed by atoms with van der Waals surface area (Å²) < 4.78 is 22.7. The molecule has 2 atom stereocenters. The number of rotatable bonds is 1. The summed E-state index contributed by atoms with van der Waals surface area (Å²) in [5, 5.41) is 0. The van der Waals surface area contributed by atoms with E-state index in [0.29, 0.717) is 23.3 Å². The van der Waals surface area contributed by atoms with E-state index < -0.39 is 9.84 Å². The molecule has 0 aromatic heterocycles. The molecule has 0 spiro atoms. The Morgan fingerprint density at radius 2 is 2.00 bits per heavy atom. The van der Waals surface area contributed by atoms with Crippen LogP contribution < -0.4 is 0 Å². The summed E-state index contributed by atoms with van der Waals surface area (Å²) in [6.07, 6.45) is 1.08. The number of hydrogen-bond acceptors (Lipinski definition) is 3. The number of piperidine rings is 1. The van der Waals surface area contributed by atoms with E-state index in [-0.39, 0.29) is 0 Å². The third kappa shape index (κ3) is 1.89. The molecule has 0 radical (unpaired) electrons. The lowest BCUT2D eigenvalue weighted by molar-refractivity contribution is 0.155. The quantitative estimate of drug-likeness (QED) is 0.618. The lowest BCUT2D eigenvalue weighted by atomic mass is 9.89. The zero-order valence-corrected chi connectivity index (χ0v) is 8.89. The van der Waals surface area contributed by atoms with Crippen molar-refractivity contribution in [1.82, 2.24) is 4.90 Å². The van der Waals surface area contributed by atoms with Crippen LogP contribution in [0.5, 0.6) is 0 Å². The zero-order chi connectivity index (χ0) is 9.47. The van der Waals surface area contributed by atoms with Crippen molar-refractivity contribution < 1.29 is 8.42 Å². The summed E-state index contributed by atoms with van der Waals surface area (Å²) >= 11 is 0. The summed E-state index contributed by atoms with van der Waals surface area (Å²) in [6.45, 7) is 5.29. The van der Waals surface area contributed by atoms with Crippen LogP contribution in [-0.2, 0) is 9.84 Å². The third-order valence-electron chi connectivity index (χ3n) is 3.36. The second kappa shape index (κ2) is 3.24. The van der Waals surface area contributed by atoms with Gasteiger partial charge >= 0.3 is 0 Å². The Labute approximate surface area is 80.0 Å². The standard InChI is InChI=1S/C9H17NO2S/c1-2-10-4-3-8-6-13(11,12)7-9(8)5-10/h8-9H,2-7H2,1H3. The van der Waals surface area contributed by atoms with Gasteiger partial charge in [0.1, 0.15) is 0 Å². The van der Waals surface area contributed by atoms with E-state index in [1.54, 1.807) is 0 Å². The molecule has 2 unspecified atom stereocenters. The summed E-state index contributed by atoms with van der Waals surface area (Å²) in [5.74, 6) is 1.79. The van der Waals surface area contributed by atoms with Crippen LogP contribution in [0.4, 0.5) is 0 Å². The van der Waals surface area contributed by atoms with Crippen LogP contribution >= 0.6 is 0 Å². The number of sulfone groups is 1. The Bertz CT molecular complexity index is 286. The van der Waals surface area contributed by atoms with E-state index in [1.807, 2.05) is 0 Å². The number of likely N-dealkylation sites (tertiary alicyclic amines) is 1. The smallest absolute Gasteiger partial charge is 0.150 e. The van der Waals surface area contributed by atoms with Gasteiger partial charge in [-0.15, -0.1) is 0 Å². The molecule has 0 N–H and O–H groups in total. The molecule has 13 heavy (non-hydrogen) atoms. The maximum absolute atomic E-state index is 11.4. The normalized spacial score (nSPS) is 38.8. The zero-order valence-electron chi connectivity index (χ0n) is 8.07. The highest BCUT2D eigenvalue weighted by Gasteiger charge is 2.40. The van der Waals surface area contributed by atoms with Crippen molar-refractivity contribution >= 4 is 9.84 Å². The van der Waals surface area contributed by atoms with Gasteiger partial charge in [0.15, 0.2) is 9.84 Å². The average molecular weight is 203 g/mol. The van der Waals surface area contributed by atoms with Gasteiger partial charge in [0.25, 0.3) is 0 Å². The Balaban J connectivity index is 2.06. The molecule has 3 nitrogen and oxygen atoms in total. The maximum atomic E-state index is 11.4. The van der Waals surface area contributed by atoms with Crippen molar-refractivity contribution in [2.45, 2.75) is 13.3 Å². The minimum Gasteiger partial charge on any atom is -0.303 e. The van der Waals surface area contributed by atoms with E-state index in [4.69, 9.17) is 0 Å². The highest BCUT2D eigenvalue weighted by atomic mass is 32.2. The van der Waals surface area contributed by atoms with Gasteiger partial charge in [0.05, 0.1) is 11.5 Å². The molecule has 2 aliphatic rings. The van der Waals surface area contributed by atoms with Crippen LogP contribution in [0.2, 0.25) is 0 Å². The van der Waals surface area contributed by atoms with Crippen molar-refractivity contribution in [1.29, 1.82) is 0 Å². The molecule has 0 saturated carbocycles. The first-order chi connectivity index (χ1) is 6.11. The largest absolute Gasteiger partial charge is 0.303 e. The first kappa shape index (κ1) is 9.46. The van der Waals surface area contributed by atoms with Crippen LogP contribution in [0.1, 0.15) is 13.3 Å². The maximum Gasteiger partial charge on any atom is 0.150 e. The van der Waals surface area contributed by atoms with Crippen LogP contribution in [0.15, 0.2) is 0 Å². The van der Waals surface area contributed by atoms with Crippen molar-refractivity contribution in [3.63, 3.8) is 0 Å². The molecular formula is C9H17NO2S. The predicted octanol–water partition coefficient (Wildman–Crippen LogP) is 0.373. The topological polar surface area (TPSA) is 37.4 Å². The van der Waals surface area contributed by atoms with Crippen molar-refractivity contribution in [2.24, 2.45) is 11.8 Å². The first-order valence-electron chi connectivity index (χ1n) is 5.03. The Kier molecular flexibility index (Phi) is 2.36. The van der Waals surface area contributed by atoms with Gasteiger partial charge < -0.3 is 4.90 Å². The summed E-state index contributed by atoms with van der Waals surface area (Å²) in [7, 11) is -2.69. The Morgan fingerprint density at radius 3 is 2.69 bits per heavy atom. The second-order valence-corrected chi connectivity index (χ2v) is 6.43. The molecule has 0 aliphatic carbocycles. The molecule has 2 fully saturated rings. The van der Waals surface area contributed by atoms with Gasteiger partial charge in [-0.2, -0.15) is 0 Å². The van der Waals surface area contributed by atoms with Gasteiger partial charge in [-0.25, -0.2) is 8.42 Å². The van der Waals surface area contributed by atoms with E-state index in [0.717, 1.165) is 26.1 Å². The predicted molar refractivity (Wildman–Crippen MR) is 52.4 cm³/mol. The molecule has 0 amide bonds. The third-order valence-corrected chi connectivity index (χ3v) is 5.23. The highest BCUT2D eigenvalue weighted by molar-refractivity contribution is 7.91. The molecule has 4 heteroatoms. The molecule has 2 aliphatic heterocycles. The van der Waals surface area contributed by atoms with Crippen LogP contribution in [-0.4, -0.2) is 44.5 Å². The minimum absolute atomic E-state index is 0.429. The van der Waals surface area contributed by atoms with Gasteiger partial charge in [-0.1, -0.05) is 6.92 Å². The average Bonchev–Trinajstić information content (AvgIpc) is 2.36. The van der Waals surface area contributed by atoms with Gasteiger partial charge in [-0.05, 0) is 31.3 Å². The lowest BCUT2D eigenvalue weighted by Gasteiger charge is -2.33. The monoisotopic (exact) mass is 203 g/mol. The van der Waals surface area contributed by atoms with E-state index in [9.17, 15) is 8.42 Å². The molecule has 2 rings (SSSR count). The fourth-order valence-electron chi connectivity index (χ4n) is 2.57. The Morgan fingerprint density at radius 1 is 1.31 bits per heavy atom. The number of fused-ring (bicyclic) bond motifs is 1.